The Bertz CT molecular complexity index is 498. The molecule has 0 aliphatic rings. The van der Waals surface area contributed by atoms with Gasteiger partial charge in [-0.25, -0.2) is 4.79 Å². The maximum atomic E-state index is 11.4. The highest BCUT2D eigenvalue weighted by Crippen LogP contribution is 2.36. The number of methoxy groups -OCH3 is 1. The molecule has 0 saturated carbocycles. The van der Waals surface area contributed by atoms with Crippen LogP contribution in [0.3, 0.4) is 0 Å². The van der Waals surface area contributed by atoms with Crippen molar-refractivity contribution >= 4 is 11.9 Å². The topological polar surface area (TPSA) is 63.6 Å². The Hall–Kier alpha value is -1.84. The summed E-state index contributed by atoms with van der Waals surface area (Å²) in [6.07, 6.45) is 0.507. The number of benzene rings is 1. The lowest BCUT2D eigenvalue weighted by atomic mass is 9.71. The largest absolute Gasteiger partial charge is 0.481 e. The van der Waals surface area contributed by atoms with Gasteiger partial charge < -0.3 is 9.84 Å². The maximum absolute atomic E-state index is 11.4. The Balaban J connectivity index is 2.98. The summed E-state index contributed by atoms with van der Waals surface area (Å²) in [6.45, 7) is 7.45. The molecule has 0 atom stereocenters. The SMILES string of the molecule is COC(=O)c1ccc(C(C)(C)CC(C)(C)C(=O)O)cc1. The van der Waals surface area contributed by atoms with Gasteiger partial charge in [0.15, 0.2) is 0 Å². The van der Waals surface area contributed by atoms with Crippen LogP contribution in [0.15, 0.2) is 24.3 Å². The first-order valence-corrected chi connectivity index (χ1v) is 6.52. The number of esters is 1. The molecule has 1 rings (SSSR count). The van der Waals surface area contributed by atoms with Crippen molar-refractivity contribution in [1.82, 2.24) is 0 Å². The monoisotopic (exact) mass is 278 g/mol. The number of hydrogen-bond acceptors (Lipinski definition) is 3. The zero-order valence-corrected chi connectivity index (χ0v) is 12.7. The minimum Gasteiger partial charge on any atom is -0.481 e. The van der Waals surface area contributed by atoms with Crippen molar-refractivity contribution in [2.24, 2.45) is 5.41 Å². The van der Waals surface area contributed by atoms with Gasteiger partial charge in [0, 0.05) is 0 Å². The average molecular weight is 278 g/mol. The smallest absolute Gasteiger partial charge is 0.337 e. The maximum Gasteiger partial charge on any atom is 0.337 e. The van der Waals surface area contributed by atoms with Gasteiger partial charge in [-0.3, -0.25) is 4.79 Å². The average Bonchev–Trinajstić information content (AvgIpc) is 2.36. The minimum atomic E-state index is -0.809. The van der Waals surface area contributed by atoms with Crippen molar-refractivity contribution in [1.29, 1.82) is 0 Å². The third-order valence-electron chi connectivity index (χ3n) is 3.55. The van der Waals surface area contributed by atoms with Crippen molar-refractivity contribution in [2.45, 2.75) is 39.5 Å². The van der Waals surface area contributed by atoms with Crippen LogP contribution in [-0.4, -0.2) is 24.2 Å². The van der Waals surface area contributed by atoms with Gasteiger partial charge >= 0.3 is 11.9 Å². The molecule has 0 bridgehead atoms. The first-order valence-electron chi connectivity index (χ1n) is 6.52. The lowest BCUT2D eigenvalue weighted by Crippen LogP contribution is -2.32. The molecule has 1 aromatic rings. The fourth-order valence-electron chi connectivity index (χ4n) is 2.46. The lowest BCUT2D eigenvalue weighted by Gasteiger charge is -2.32. The molecule has 20 heavy (non-hydrogen) atoms. The highest BCUT2D eigenvalue weighted by molar-refractivity contribution is 5.89. The zero-order valence-electron chi connectivity index (χ0n) is 12.7. The van der Waals surface area contributed by atoms with E-state index < -0.39 is 11.4 Å². The van der Waals surface area contributed by atoms with E-state index in [-0.39, 0.29) is 11.4 Å². The molecule has 4 heteroatoms. The highest BCUT2D eigenvalue weighted by Gasteiger charge is 2.35. The number of carboxylic acid groups (broad SMARTS) is 1. The van der Waals surface area contributed by atoms with E-state index in [0.717, 1.165) is 5.56 Å². The molecule has 0 amide bonds. The molecule has 0 aromatic heterocycles. The van der Waals surface area contributed by atoms with Gasteiger partial charge in [0.05, 0.1) is 18.1 Å². The van der Waals surface area contributed by atoms with Crippen LogP contribution < -0.4 is 0 Å². The summed E-state index contributed by atoms with van der Waals surface area (Å²) in [4.78, 5) is 22.6. The normalized spacial score (nSPS) is 12.1. The number of carbonyl (C=O) groups is 2. The van der Waals surface area contributed by atoms with Gasteiger partial charge in [0.25, 0.3) is 0 Å². The van der Waals surface area contributed by atoms with E-state index in [0.29, 0.717) is 12.0 Å². The number of carboxylic acids is 1. The first kappa shape index (κ1) is 16.2. The summed E-state index contributed by atoms with van der Waals surface area (Å²) in [5.41, 5.74) is 0.394. The summed E-state index contributed by atoms with van der Waals surface area (Å²) in [7, 11) is 1.34. The molecule has 110 valence electrons. The zero-order chi connectivity index (χ0) is 15.6. The summed E-state index contributed by atoms with van der Waals surface area (Å²) in [5.74, 6) is -1.18. The Kier molecular flexibility index (Phi) is 4.58. The van der Waals surface area contributed by atoms with Gasteiger partial charge in [-0.05, 0) is 43.4 Å². The van der Waals surface area contributed by atoms with E-state index in [9.17, 15) is 14.7 Å². The standard InChI is InChI=1S/C16H22O4/c1-15(2,10-16(3,4)14(18)19)12-8-6-11(7-9-12)13(17)20-5/h6-9H,10H2,1-5H3,(H,18,19). The summed E-state index contributed by atoms with van der Waals surface area (Å²) in [6, 6.07) is 7.11. The van der Waals surface area contributed by atoms with Crippen molar-refractivity contribution in [2.75, 3.05) is 7.11 Å². The number of hydrogen-bond donors (Lipinski definition) is 1. The summed E-state index contributed by atoms with van der Waals surface area (Å²) >= 11 is 0. The van der Waals surface area contributed by atoms with E-state index in [4.69, 9.17) is 0 Å². The van der Waals surface area contributed by atoms with E-state index in [2.05, 4.69) is 4.74 Å². The van der Waals surface area contributed by atoms with E-state index in [1.54, 1.807) is 26.0 Å². The van der Waals surface area contributed by atoms with Crippen LogP contribution in [0.2, 0.25) is 0 Å². The van der Waals surface area contributed by atoms with Crippen LogP contribution in [0.5, 0.6) is 0 Å². The van der Waals surface area contributed by atoms with E-state index >= 15 is 0 Å². The predicted molar refractivity (Wildman–Crippen MR) is 76.8 cm³/mol. The van der Waals surface area contributed by atoms with Crippen molar-refractivity contribution in [3.8, 4) is 0 Å². The molecule has 0 aliphatic carbocycles. The molecule has 0 aliphatic heterocycles. The van der Waals surface area contributed by atoms with Crippen molar-refractivity contribution in [3.63, 3.8) is 0 Å². The van der Waals surface area contributed by atoms with Crippen molar-refractivity contribution < 1.29 is 19.4 Å². The van der Waals surface area contributed by atoms with Gasteiger partial charge in [0.2, 0.25) is 0 Å². The third-order valence-corrected chi connectivity index (χ3v) is 3.55. The Morgan fingerprint density at radius 3 is 2.00 bits per heavy atom. The van der Waals surface area contributed by atoms with Crippen LogP contribution in [0.25, 0.3) is 0 Å². The van der Waals surface area contributed by atoms with Gasteiger partial charge in [-0.1, -0.05) is 26.0 Å². The Morgan fingerprint density at radius 1 is 1.10 bits per heavy atom. The van der Waals surface area contributed by atoms with Gasteiger partial charge in [0.1, 0.15) is 0 Å². The van der Waals surface area contributed by atoms with E-state index in [1.807, 2.05) is 26.0 Å². The number of aliphatic carboxylic acids is 1. The fourth-order valence-corrected chi connectivity index (χ4v) is 2.46. The molecule has 0 radical (unpaired) electrons. The number of rotatable bonds is 5. The Morgan fingerprint density at radius 2 is 1.60 bits per heavy atom. The van der Waals surface area contributed by atoms with Crippen molar-refractivity contribution in [3.05, 3.63) is 35.4 Å². The Labute approximate surface area is 119 Å². The van der Waals surface area contributed by atoms with Crippen LogP contribution in [0, 0.1) is 5.41 Å². The van der Waals surface area contributed by atoms with Crippen LogP contribution in [-0.2, 0) is 14.9 Å². The molecule has 1 aromatic carbocycles. The lowest BCUT2D eigenvalue weighted by molar-refractivity contribution is -0.148. The molecule has 0 fully saturated rings. The number of carbonyl (C=O) groups excluding carboxylic acids is 1. The van der Waals surface area contributed by atoms with Crippen LogP contribution in [0.4, 0.5) is 0 Å². The quantitative estimate of drug-likeness (QED) is 0.840. The first-order chi connectivity index (χ1) is 9.10. The summed E-state index contributed by atoms with van der Waals surface area (Å²) < 4.78 is 4.66. The summed E-state index contributed by atoms with van der Waals surface area (Å²) in [5, 5.41) is 9.24. The van der Waals surface area contributed by atoms with Crippen LogP contribution >= 0.6 is 0 Å². The number of ether oxygens (including phenoxy) is 1. The second-order valence-electron chi connectivity index (χ2n) is 6.32. The minimum absolute atomic E-state index is 0.295. The fraction of sp³-hybridized carbons (Fsp3) is 0.500. The molecular weight excluding hydrogens is 256 g/mol. The van der Waals surface area contributed by atoms with Gasteiger partial charge in [-0.15, -0.1) is 0 Å². The predicted octanol–water partition coefficient (Wildman–Crippen LogP) is 3.25. The van der Waals surface area contributed by atoms with Crippen LogP contribution in [0.1, 0.15) is 50.0 Å². The molecule has 0 unspecified atom stereocenters. The molecule has 1 N–H and O–H groups in total. The molecular formula is C16H22O4. The molecule has 0 heterocycles. The van der Waals surface area contributed by atoms with Gasteiger partial charge in [-0.2, -0.15) is 0 Å². The highest BCUT2D eigenvalue weighted by atomic mass is 16.5. The second kappa shape index (κ2) is 5.65. The van der Waals surface area contributed by atoms with E-state index in [1.165, 1.54) is 7.11 Å². The molecule has 0 spiro atoms. The second-order valence-corrected chi connectivity index (χ2v) is 6.32. The third kappa shape index (κ3) is 3.59. The molecule has 0 saturated heterocycles. The molecule has 4 nitrogen and oxygen atoms in total.